The number of hydrogen-bond acceptors (Lipinski definition) is 4. The number of rotatable bonds is 6. The molecule has 1 aliphatic heterocycles. The summed E-state index contributed by atoms with van der Waals surface area (Å²) in [6, 6.07) is 3.90. The molecule has 1 aromatic carbocycles. The number of carbonyl (C=O) groups excluding carboxylic acids is 3. The minimum Gasteiger partial charge on any atom is -0.364 e. The lowest BCUT2D eigenvalue weighted by Crippen LogP contribution is -2.58. The molecular weight excluding hydrogens is 457 g/mol. The van der Waals surface area contributed by atoms with Crippen LogP contribution in [0.2, 0.25) is 5.02 Å². The molecule has 11 heteroatoms. The van der Waals surface area contributed by atoms with Gasteiger partial charge in [0.2, 0.25) is 11.8 Å². The van der Waals surface area contributed by atoms with Gasteiger partial charge in [-0.15, -0.1) is 0 Å². The molecule has 8 nitrogen and oxygen atoms in total. The molecule has 0 aliphatic carbocycles. The number of aromatic nitrogens is 2. The summed E-state index contributed by atoms with van der Waals surface area (Å²) >= 11 is 8.87. The van der Waals surface area contributed by atoms with Crippen molar-refractivity contribution in [2.24, 2.45) is 5.73 Å². The number of benzene rings is 1. The van der Waals surface area contributed by atoms with E-state index in [9.17, 15) is 18.8 Å². The van der Waals surface area contributed by atoms with E-state index in [-0.39, 0.29) is 41.2 Å². The third-order valence-electron chi connectivity index (χ3n) is 4.37. The minimum absolute atomic E-state index is 0.0205. The van der Waals surface area contributed by atoms with E-state index in [2.05, 4.69) is 26.3 Å². The van der Waals surface area contributed by atoms with E-state index in [1.807, 2.05) is 0 Å². The largest absolute Gasteiger partial charge is 0.364 e. The van der Waals surface area contributed by atoms with Crippen LogP contribution in [0, 0.1) is 5.82 Å². The predicted molar refractivity (Wildman–Crippen MR) is 102 cm³/mol. The first-order chi connectivity index (χ1) is 13.3. The number of hydrogen-bond donors (Lipinski definition) is 2. The van der Waals surface area contributed by atoms with E-state index in [1.165, 1.54) is 27.9 Å². The zero-order valence-electron chi connectivity index (χ0n) is 14.5. The molecule has 3 N–H and O–H groups in total. The lowest BCUT2D eigenvalue weighted by Gasteiger charge is -2.39. The molecule has 0 unspecified atom stereocenters. The summed E-state index contributed by atoms with van der Waals surface area (Å²) in [6.45, 7) is 0.254. The van der Waals surface area contributed by atoms with Gasteiger partial charge in [-0.3, -0.25) is 19.1 Å². The molecule has 0 bridgehead atoms. The van der Waals surface area contributed by atoms with Gasteiger partial charge in [-0.2, -0.15) is 5.10 Å². The second-order valence-electron chi connectivity index (χ2n) is 6.21. The van der Waals surface area contributed by atoms with Crippen molar-refractivity contribution < 1.29 is 18.8 Å². The number of primary amides is 1. The summed E-state index contributed by atoms with van der Waals surface area (Å²) < 4.78 is 15.6. The predicted octanol–water partition coefficient (Wildman–Crippen LogP) is 1.45. The van der Waals surface area contributed by atoms with Crippen LogP contribution in [-0.4, -0.2) is 45.0 Å². The van der Waals surface area contributed by atoms with E-state index in [0.29, 0.717) is 17.4 Å². The van der Waals surface area contributed by atoms with Crippen molar-refractivity contribution in [3.63, 3.8) is 0 Å². The van der Waals surface area contributed by atoms with Crippen molar-refractivity contribution in [1.29, 1.82) is 0 Å². The van der Waals surface area contributed by atoms with Gasteiger partial charge in [0, 0.05) is 24.8 Å². The summed E-state index contributed by atoms with van der Waals surface area (Å²) in [5, 5.41) is 6.55. The molecule has 28 heavy (non-hydrogen) atoms. The quantitative estimate of drug-likeness (QED) is 0.663. The fraction of sp³-hybridized carbons (Fsp3) is 0.294. The number of nitrogens with zero attached hydrogens (tertiary/aromatic N) is 3. The van der Waals surface area contributed by atoms with Crippen molar-refractivity contribution in [2.75, 3.05) is 6.54 Å². The Hall–Kier alpha value is -2.46. The van der Waals surface area contributed by atoms with Crippen LogP contribution in [-0.2, 0) is 22.7 Å². The molecule has 0 saturated carbocycles. The smallest absolute Gasteiger partial charge is 0.270 e. The molecule has 1 aromatic heterocycles. The summed E-state index contributed by atoms with van der Waals surface area (Å²) in [5.74, 6) is -2.00. The topological polar surface area (TPSA) is 110 Å². The molecule has 3 amide bonds. The van der Waals surface area contributed by atoms with Gasteiger partial charge >= 0.3 is 0 Å². The molecule has 2 aromatic rings. The van der Waals surface area contributed by atoms with Crippen molar-refractivity contribution in [2.45, 2.75) is 25.6 Å². The Morgan fingerprint density at radius 2 is 2.14 bits per heavy atom. The molecule has 1 saturated heterocycles. The monoisotopic (exact) mass is 471 g/mol. The van der Waals surface area contributed by atoms with Crippen LogP contribution < -0.4 is 11.1 Å². The Morgan fingerprint density at radius 1 is 1.39 bits per heavy atom. The molecule has 1 fully saturated rings. The fourth-order valence-corrected chi connectivity index (χ4v) is 3.52. The standard InChI is InChI=1S/C17H16BrClFN5O3/c18-10-7-24(23-15(10)16(21)27)8-13(26)25-5-4-12(25)17(28)22-6-9-2-1-3-11(19)14(9)20/h1-3,7,12H,4-6,8H2,(H2,21,27)(H,22,28)/t12-/m0/s1. The van der Waals surface area contributed by atoms with E-state index in [4.69, 9.17) is 17.3 Å². The van der Waals surface area contributed by atoms with Crippen molar-refractivity contribution >= 4 is 45.3 Å². The van der Waals surface area contributed by atoms with Gasteiger partial charge in [0.25, 0.3) is 5.91 Å². The Morgan fingerprint density at radius 3 is 2.75 bits per heavy atom. The third kappa shape index (κ3) is 4.17. The average Bonchev–Trinajstić information content (AvgIpc) is 2.95. The summed E-state index contributed by atoms with van der Waals surface area (Å²) in [6.07, 6.45) is 1.97. The zero-order chi connectivity index (χ0) is 20.4. The van der Waals surface area contributed by atoms with Crippen molar-refractivity contribution in [1.82, 2.24) is 20.0 Å². The summed E-state index contributed by atoms with van der Waals surface area (Å²) in [4.78, 5) is 37.4. The Bertz CT molecular complexity index is 951. The molecular formula is C17H16BrClFN5O3. The van der Waals surface area contributed by atoms with Crippen LogP contribution in [0.3, 0.4) is 0 Å². The Kier molecular flexibility index (Phi) is 5.99. The van der Waals surface area contributed by atoms with Gasteiger partial charge < -0.3 is 16.0 Å². The molecule has 0 spiro atoms. The maximum Gasteiger partial charge on any atom is 0.270 e. The van der Waals surface area contributed by atoms with E-state index < -0.39 is 17.8 Å². The van der Waals surface area contributed by atoms with Crippen LogP contribution in [0.25, 0.3) is 0 Å². The van der Waals surface area contributed by atoms with Crippen LogP contribution in [0.1, 0.15) is 22.5 Å². The SMILES string of the molecule is NC(=O)c1nn(CC(=O)N2CC[C@H]2C(=O)NCc2cccc(Cl)c2F)cc1Br. The van der Waals surface area contributed by atoms with Gasteiger partial charge in [-0.1, -0.05) is 23.7 Å². The molecule has 3 rings (SSSR count). The van der Waals surface area contributed by atoms with Crippen LogP contribution >= 0.6 is 27.5 Å². The molecule has 2 heterocycles. The number of carbonyl (C=O) groups is 3. The van der Waals surface area contributed by atoms with Gasteiger partial charge in [0.1, 0.15) is 18.4 Å². The Labute approximate surface area is 172 Å². The highest BCUT2D eigenvalue weighted by atomic mass is 79.9. The average molecular weight is 473 g/mol. The zero-order valence-corrected chi connectivity index (χ0v) is 16.8. The summed E-state index contributed by atoms with van der Waals surface area (Å²) in [7, 11) is 0. The second kappa shape index (κ2) is 8.27. The second-order valence-corrected chi connectivity index (χ2v) is 7.47. The molecule has 148 valence electrons. The van der Waals surface area contributed by atoms with Crippen LogP contribution in [0.15, 0.2) is 28.9 Å². The maximum absolute atomic E-state index is 13.9. The number of halogens is 3. The van der Waals surface area contributed by atoms with Gasteiger partial charge in [0.15, 0.2) is 5.69 Å². The molecule has 1 atom stereocenters. The van der Waals surface area contributed by atoms with Gasteiger partial charge in [-0.25, -0.2) is 4.39 Å². The summed E-state index contributed by atoms with van der Waals surface area (Å²) in [5.41, 5.74) is 5.48. The Balaban J connectivity index is 1.58. The number of nitrogens with two attached hydrogens (primary N) is 1. The van der Waals surface area contributed by atoms with Gasteiger partial charge in [-0.05, 0) is 28.4 Å². The highest BCUT2D eigenvalue weighted by molar-refractivity contribution is 9.10. The van der Waals surface area contributed by atoms with Crippen molar-refractivity contribution in [3.8, 4) is 0 Å². The first-order valence-corrected chi connectivity index (χ1v) is 9.48. The highest BCUT2D eigenvalue weighted by Crippen LogP contribution is 2.21. The van der Waals surface area contributed by atoms with Gasteiger partial charge in [0.05, 0.1) is 9.50 Å². The lowest BCUT2D eigenvalue weighted by atomic mass is 10.0. The third-order valence-corrected chi connectivity index (χ3v) is 5.25. The first-order valence-electron chi connectivity index (χ1n) is 8.30. The fourth-order valence-electron chi connectivity index (χ4n) is 2.82. The van der Waals surface area contributed by atoms with Crippen LogP contribution in [0.5, 0.6) is 0 Å². The van der Waals surface area contributed by atoms with E-state index in [1.54, 1.807) is 6.07 Å². The molecule has 0 radical (unpaired) electrons. The first kappa shape index (κ1) is 20.3. The number of likely N-dealkylation sites (tertiary alicyclic amines) is 1. The number of nitrogens with one attached hydrogen (secondary N) is 1. The lowest BCUT2D eigenvalue weighted by molar-refractivity contribution is -0.148. The highest BCUT2D eigenvalue weighted by Gasteiger charge is 2.37. The van der Waals surface area contributed by atoms with E-state index in [0.717, 1.165) is 0 Å². The normalized spacial score (nSPS) is 15.8. The van der Waals surface area contributed by atoms with E-state index >= 15 is 0 Å². The maximum atomic E-state index is 13.9. The molecule has 1 aliphatic rings. The van der Waals surface area contributed by atoms with Crippen molar-refractivity contribution in [3.05, 3.63) is 51.0 Å². The number of amides is 3. The minimum atomic E-state index is -0.715. The van der Waals surface area contributed by atoms with Crippen LogP contribution in [0.4, 0.5) is 4.39 Å².